The summed E-state index contributed by atoms with van der Waals surface area (Å²) in [6.07, 6.45) is 0. The van der Waals surface area contributed by atoms with Crippen molar-refractivity contribution in [2.45, 2.75) is 0 Å². The molecular formula is C51H32N4S. The zero-order chi connectivity index (χ0) is 37.0. The van der Waals surface area contributed by atoms with Gasteiger partial charge in [-0.2, -0.15) is 0 Å². The van der Waals surface area contributed by atoms with Crippen LogP contribution in [-0.2, 0) is 0 Å². The summed E-state index contributed by atoms with van der Waals surface area (Å²) in [6, 6.07) is 68.6. The number of benzene rings is 8. The first-order valence-corrected chi connectivity index (χ1v) is 19.6. The van der Waals surface area contributed by atoms with Gasteiger partial charge in [-0.1, -0.05) is 164 Å². The van der Waals surface area contributed by atoms with Gasteiger partial charge in [0.2, 0.25) is 0 Å². The van der Waals surface area contributed by atoms with Gasteiger partial charge in [0.05, 0.1) is 11.0 Å². The Morgan fingerprint density at radius 1 is 0.321 bits per heavy atom. The Kier molecular flexibility index (Phi) is 7.64. The zero-order valence-corrected chi connectivity index (χ0v) is 31.0. The summed E-state index contributed by atoms with van der Waals surface area (Å²) in [6.45, 7) is 0. The summed E-state index contributed by atoms with van der Waals surface area (Å²) in [5.41, 5.74) is 11.1. The Balaban J connectivity index is 1.11. The first-order chi connectivity index (χ1) is 27.8. The zero-order valence-electron chi connectivity index (χ0n) is 30.2. The number of fused-ring (bicyclic) bond motifs is 6. The van der Waals surface area contributed by atoms with E-state index >= 15 is 0 Å². The molecule has 0 bridgehead atoms. The molecule has 5 heteroatoms. The molecule has 3 heterocycles. The van der Waals surface area contributed by atoms with Gasteiger partial charge >= 0.3 is 0 Å². The molecule has 0 N–H and O–H groups in total. The number of hydrogen-bond donors (Lipinski definition) is 0. The second kappa shape index (κ2) is 13.3. The molecule has 0 atom stereocenters. The maximum atomic E-state index is 5.06. The highest BCUT2D eigenvalue weighted by molar-refractivity contribution is 7.26. The number of thiophene rings is 1. The molecule has 0 aliphatic carbocycles. The lowest BCUT2D eigenvalue weighted by molar-refractivity contribution is 1.07. The second-order valence-electron chi connectivity index (χ2n) is 14.0. The Morgan fingerprint density at radius 3 is 1.41 bits per heavy atom. The Bertz CT molecular complexity index is 3170. The quantitative estimate of drug-likeness (QED) is 0.171. The van der Waals surface area contributed by atoms with Crippen molar-refractivity contribution >= 4 is 53.3 Å². The highest BCUT2D eigenvalue weighted by Gasteiger charge is 2.19. The maximum absolute atomic E-state index is 5.06. The lowest BCUT2D eigenvalue weighted by Crippen LogP contribution is -2.00. The molecule has 56 heavy (non-hydrogen) atoms. The predicted octanol–water partition coefficient (Wildman–Crippen LogP) is 13.7. The number of aromatic nitrogens is 4. The molecule has 0 saturated heterocycles. The fraction of sp³-hybridized carbons (Fsp3) is 0. The Morgan fingerprint density at radius 2 is 0.821 bits per heavy atom. The van der Waals surface area contributed by atoms with Crippen molar-refractivity contribution < 1.29 is 0 Å². The molecule has 0 spiro atoms. The molecule has 11 rings (SSSR count). The third-order valence-corrected chi connectivity index (χ3v) is 11.9. The smallest absolute Gasteiger partial charge is 0.164 e. The summed E-state index contributed by atoms with van der Waals surface area (Å²) >= 11 is 1.89. The summed E-state index contributed by atoms with van der Waals surface area (Å²) in [7, 11) is 0. The van der Waals surface area contributed by atoms with Crippen LogP contribution in [0.25, 0.3) is 104 Å². The van der Waals surface area contributed by atoms with E-state index in [4.69, 9.17) is 15.0 Å². The predicted molar refractivity (Wildman–Crippen MR) is 234 cm³/mol. The highest BCUT2D eigenvalue weighted by Crippen LogP contribution is 2.45. The van der Waals surface area contributed by atoms with Crippen LogP contribution in [0.15, 0.2) is 194 Å². The molecule has 4 nitrogen and oxygen atoms in total. The van der Waals surface area contributed by atoms with Gasteiger partial charge in [0.15, 0.2) is 17.5 Å². The van der Waals surface area contributed by atoms with E-state index in [1.807, 2.05) is 72.0 Å². The van der Waals surface area contributed by atoms with Crippen LogP contribution in [0.5, 0.6) is 0 Å². The topological polar surface area (TPSA) is 43.6 Å². The van der Waals surface area contributed by atoms with Crippen molar-refractivity contribution in [2.24, 2.45) is 0 Å². The van der Waals surface area contributed by atoms with Gasteiger partial charge in [0.1, 0.15) is 0 Å². The lowest BCUT2D eigenvalue weighted by atomic mass is 9.99. The lowest BCUT2D eigenvalue weighted by Gasteiger charge is -2.10. The first kappa shape index (κ1) is 32.2. The van der Waals surface area contributed by atoms with E-state index in [-0.39, 0.29) is 0 Å². The molecule has 0 unspecified atom stereocenters. The normalized spacial score (nSPS) is 11.6. The minimum atomic E-state index is 0.636. The van der Waals surface area contributed by atoms with Gasteiger partial charge in [-0.05, 0) is 52.6 Å². The third kappa shape index (κ3) is 5.40. The molecule has 0 amide bonds. The van der Waals surface area contributed by atoms with Gasteiger partial charge in [-0.25, -0.2) is 15.0 Å². The molecular weight excluding hydrogens is 701 g/mol. The minimum absolute atomic E-state index is 0.636. The fourth-order valence-corrected chi connectivity index (χ4v) is 9.38. The van der Waals surface area contributed by atoms with Crippen LogP contribution in [0.3, 0.4) is 0 Å². The molecule has 3 aromatic heterocycles. The van der Waals surface area contributed by atoms with E-state index in [2.05, 4.69) is 138 Å². The SMILES string of the molecule is c1ccc(-c2nc(-c3ccccc3)nc(-c3ccc4c5cc(-c6cccc7c6sc6c(-c8ccccc8)cccc67)ccc5n(-c5ccccc5)c4c3)n2)cc1. The molecule has 0 aliphatic heterocycles. The fourth-order valence-electron chi connectivity index (χ4n) is 8.01. The van der Waals surface area contributed by atoms with Crippen LogP contribution in [0, 0.1) is 0 Å². The summed E-state index contributed by atoms with van der Waals surface area (Å²) < 4.78 is 4.99. The van der Waals surface area contributed by atoms with Gasteiger partial charge in [0.25, 0.3) is 0 Å². The van der Waals surface area contributed by atoms with E-state index in [1.54, 1.807) is 0 Å². The monoisotopic (exact) mass is 732 g/mol. The van der Waals surface area contributed by atoms with Crippen LogP contribution < -0.4 is 0 Å². The number of rotatable bonds is 6. The maximum Gasteiger partial charge on any atom is 0.164 e. The largest absolute Gasteiger partial charge is 0.309 e. The van der Waals surface area contributed by atoms with Gasteiger partial charge in [-0.15, -0.1) is 11.3 Å². The Hall–Kier alpha value is -7.21. The second-order valence-corrected chi connectivity index (χ2v) is 15.0. The molecule has 0 radical (unpaired) electrons. The summed E-state index contributed by atoms with van der Waals surface area (Å²) in [5, 5.41) is 4.96. The van der Waals surface area contributed by atoms with Crippen LogP contribution in [-0.4, -0.2) is 19.5 Å². The standard InChI is InChI=1S/C51H32N4S/c1-5-15-33(16-6-1)39-23-13-25-42-43-26-14-24-40(48(43)56-47(39)42)36-28-30-45-44(31-36)41-29-27-37(32-46(41)55(45)38-21-11-4-12-22-38)51-53-49(34-17-7-2-8-18-34)52-50(54-51)35-19-9-3-10-20-35/h1-32H. The number of para-hydroxylation sites is 1. The number of hydrogen-bond acceptors (Lipinski definition) is 4. The van der Waals surface area contributed by atoms with Crippen molar-refractivity contribution in [1.29, 1.82) is 0 Å². The van der Waals surface area contributed by atoms with Crippen molar-refractivity contribution in [1.82, 2.24) is 19.5 Å². The number of nitrogens with zero attached hydrogens (tertiary/aromatic N) is 4. The van der Waals surface area contributed by atoms with Crippen LogP contribution in [0.4, 0.5) is 0 Å². The summed E-state index contributed by atoms with van der Waals surface area (Å²) in [5.74, 6) is 1.93. The molecule has 0 aliphatic rings. The van der Waals surface area contributed by atoms with Gasteiger partial charge < -0.3 is 4.57 Å². The average Bonchev–Trinajstić information content (AvgIpc) is 3.83. The molecule has 0 fully saturated rings. The molecule has 11 aromatic rings. The highest BCUT2D eigenvalue weighted by atomic mass is 32.1. The average molecular weight is 733 g/mol. The first-order valence-electron chi connectivity index (χ1n) is 18.8. The molecule has 262 valence electrons. The molecule has 8 aromatic carbocycles. The van der Waals surface area contributed by atoms with Crippen molar-refractivity contribution in [2.75, 3.05) is 0 Å². The molecule has 0 saturated carbocycles. The van der Waals surface area contributed by atoms with Crippen LogP contribution >= 0.6 is 11.3 Å². The third-order valence-electron chi connectivity index (χ3n) is 10.7. The minimum Gasteiger partial charge on any atom is -0.309 e. The van der Waals surface area contributed by atoms with Crippen LogP contribution in [0.1, 0.15) is 0 Å². The Labute approximate surface area is 327 Å². The van der Waals surface area contributed by atoms with E-state index in [9.17, 15) is 0 Å². The van der Waals surface area contributed by atoms with E-state index in [1.165, 1.54) is 53.2 Å². The van der Waals surface area contributed by atoms with Crippen molar-refractivity contribution in [3.63, 3.8) is 0 Å². The van der Waals surface area contributed by atoms with E-state index < -0.39 is 0 Å². The van der Waals surface area contributed by atoms with Crippen LogP contribution in [0.2, 0.25) is 0 Å². The van der Waals surface area contributed by atoms with E-state index in [0.717, 1.165) is 33.4 Å². The van der Waals surface area contributed by atoms with Crippen molar-refractivity contribution in [3.8, 4) is 62.1 Å². The van der Waals surface area contributed by atoms with E-state index in [0.29, 0.717) is 17.5 Å². The van der Waals surface area contributed by atoms with Crippen molar-refractivity contribution in [3.05, 3.63) is 194 Å². The van der Waals surface area contributed by atoms with Gasteiger partial charge in [-0.3, -0.25) is 0 Å². The summed E-state index contributed by atoms with van der Waals surface area (Å²) in [4.78, 5) is 15.0. The van der Waals surface area contributed by atoms with Gasteiger partial charge in [0, 0.05) is 53.3 Å².